The van der Waals surface area contributed by atoms with E-state index in [1.807, 2.05) is 30.6 Å². The minimum absolute atomic E-state index is 0.423. The lowest BCUT2D eigenvalue weighted by Gasteiger charge is -2.09. The van der Waals surface area contributed by atoms with Crippen LogP contribution in [0.1, 0.15) is 15.9 Å². The van der Waals surface area contributed by atoms with E-state index < -0.39 is 5.91 Å². The summed E-state index contributed by atoms with van der Waals surface area (Å²) in [7, 11) is 0. The van der Waals surface area contributed by atoms with Crippen LogP contribution in [-0.2, 0) is 0 Å². The Balaban J connectivity index is 1.82. The van der Waals surface area contributed by atoms with E-state index in [2.05, 4.69) is 40.7 Å². The zero-order valence-electron chi connectivity index (χ0n) is 13.8. The minimum atomic E-state index is -0.423. The summed E-state index contributed by atoms with van der Waals surface area (Å²) in [5.74, 6) is -0.423. The number of nitrogens with two attached hydrogens (primary N) is 1. The van der Waals surface area contributed by atoms with Gasteiger partial charge >= 0.3 is 0 Å². The van der Waals surface area contributed by atoms with Crippen LogP contribution in [0.4, 0.5) is 0 Å². The maximum Gasteiger partial charge on any atom is 0.248 e. The van der Waals surface area contributed by atoms with E-state index in [-0.39, 0.29) is 0 Å². The van der Waals surface area contributed by atoms with Gasteiger partial charge in [-0.1, -0.05) is 12.1 Å². The quantitative estimate of drug-likeness (QED) is 0.616. The molecule has 0 saturated carbocycles. The van der Waals surface area contributed by atoms with E-state index in [1.165, 1.54) is 5.56 Å². The number of amides is 1. The molecule has 2 aromatic heterocycles. The molecule has 0 bridgehead atoms. The summed E-state index contributed by atoms with van der Waals surface area (Å²) in [6.45, 7) is 2.09. The first-order chi connectivity index (χ1) is 12.1. The van der Waals surface area contributed by atoms with Gasteiger partial charge in [0.15, 0.2) is 0 Å². The summed E-state index contributed by atoms with van der Waals surface area (Å²) in [4.78, 5) is 15.7. The molecule has 2 N–H and O–H groups in total. The Labute approximate surface area is 145 Å². The summed E-state index contributed by atoms with van der Waals surface area (Å²) in [5.41, 5.74) is 11.4. The van der Waals surface area contributed by atoms with Crippen molar-refractivity contribution in [3.63, 3.8) is 0 Å². The van der Waals surface area contributed by atoms with Crippen molar-refractivity contribution in [3.05, 3.63) is 84.3 Å². The first kappa shape index (κ1) is 15.1. The number of rotatable bonds is 3. The van der Waals surface area contributed by atoms with Crippen molar-refractivity contribution < 1.29 is 4.79 Å². The van der Waals surface area contributed by atoms with E-state index in [0.29, 0.717) is 5.56 Å². The van der Waals surface area contributed by atoms with Crippen LogP contribution in [0, 0.1) is 6.92 Å². The van der Waals surface area contributed by atoms with Crippen molar-refractivity contribution in [2.24, 2.45) is 5.73 Å². The number of aryl methyl sites for hydroxylation is 1. The Morgan fingerprint density at radius 3 is 2.76 bits per heavy atom. The molecule has 122 valence electrons. The number of carbonyl (C=O) groups is 1. The Morgan fingerprint density at radius 2 is 1.96 bits per heavy atom. The summed E-state index contributed by atoms with van der Waals surface area (Å²) in [6.07, 6.45) is 5.70. The van der Waals surface area contributed by atoms with E-state index >= 15 is 0 Å². The van der Waals surface area contributed by atoms with Crippen molar-refractivity contribution in [2.45, 2.75) is 6.92 Å². The first-order valence-corrected chi connectivity index (χ1v) is 8.06. The van der Waals surface area contributed by atoms with Gasteiger partial charge in [0, 0.05) is 40.8 Å². The molecule has 4 heteroatoms. The maximum atomic E-state index is 11.4. The molecule has 1 amide bonds. The zero-order chi connectivity index (χ0) is 17.4. The molecule has 4 nitrogen and oxygen atoms in total. The SMILES string of the molecule is Cc1ccncc1-c1ccc2c(ccn2-c2cccc(C(N)=O)c2)c1. The molecule has 0 atom stereocenters. The second kappa shape index (κ2) is 5.91. The van der Waals surface area contributed by atoms with Crippen LogP contribution in [0.5, 0.6) is 0 Å². The van der Waals surface area contributed by atoms with E-state index in [4.69, 9.17) is 5.73 Å². The Kier molecular flexibility index (Phi) is 3.58. The van der Waals surface area contributed by atoms with Crippen molar-refractivity contribution >= 4 is 16.8 Å². The smallest absolute Gasteiger partial charge is 0.248 e. The van der Waals surface area contributed by atoms with Crippen LogP contribution in [0.2, 0.25) is 0 Å². The monoisotopic (exact) mass is 327 g/mol. The number of aromatic nitrogens is 2. The molecule has 0 aliphatic carbocycles. The van der Waals surface area contributed by atoms with Crippen molar-refractivity contribution in [3.8, 4) is 16.8 Å². The molecule has 0 saturated heterocycles. The van der Waals surface area contributed by atoms with Crippen LogP contribution in [0.25, 0.3) is 27.7 Å². The number of nitrogens with zero attached hydrogens (tertiary/aromatic N) is 2. The highest BCUT2D eigenvalue weighted by Crippen LogP contribution is 2.28. The lowest BCUT2D eigenvalue weighted by molar-refractivity contribution is 0.100. The highest BCUT2D eigenvalue weighted by atomic mass is 16.1. The van der Waals surface area contributed by atoms with Gasteiger partial charge < -0.3 is 10.3 Å². The van der Waals surface area contributed by atoms with Gasteiger partial charge in [-0.3, -0.25) is 9.78 Å². The lowest BCUT2D eigenvalue weighted by atomic mass is 10.0. The molecule has 0 unspecified atom stereocenters. The van der Waals surface area contributed by atoms with E-state index in [0.717, 1.165) is 27.7 Å². The van der Waals surface area contributed by atoms with Crippen LogP contribution < -0.4 is 5.73 Å². The molecule has 0 radical (unpaired) electrons. The molecule has 0 spiro atoms. The first-order valence-electron chi connectivity index (χ1n) is 8.06. The fraction of sp³-hybridized carbons (Fsp3) is 0.0476. The zero-order valence-corrected chi connectivity index (χ0v) is 13.8. The summed E-state index contributed by atoms with van der Waals surface area (Å²) in [6, 6.07) is 17.8. The molecule has 25 heavy (non-hydrogen) atoms. The average Bonchev–Trinajstić information content (AvgIpc) is 3.05. The number of benzene rings is 2. The molecule has 0 aliphatic heterocycles. The molecule has 4 rings (SSSR count). The predicted octanol–water partition coefficient (Wildman–Crippen LogP) is 4.10. The predicted molar refractivity (Wildman–Crippen MR) is 99.8 cm³/mol. The van der Waals surface area contributed by atoms with Crippen molar-refractivity contribution in [1.82, 2.24) is 9.55 Å². The number of hydrogen-bond donors (Lipinski definition) is 1. The minimum Gasteiger partial charge on any atom is -0.366 e. The molecule has 4 aromatic rings. The van der Waals surface area contributed by atoms with Gasteiger partial charge in [0.25, 0.3) is 0 Å². The van der Waals surface area contributed by atoms with Crippen LogP contribution in [-0.4, -0.2) is 15.5 Å². The number of primary amides is 1. The topological polar surface area (TPSA) is 60.9 Å². The molecular weight excluding hydrogens is 310 g/mol. The van der Waals surface area contributed by atoms with Crippen molar-refractivity contribution in [1.29, 1.82) is 0 Å². The van der Waals surface area contributed by atoms with Gasteiger partial charge in [0.2, 0.25) is 5.91 Å². The van der Waals surface area contributed by atoms with Gasteiger partial charge in [0.05, 0.1) is 5.52 Å². The molecule has 0 fully saturated rings. The van der Waals surface area contributed by atoms with Crippen LogP contribution in [0.3, 0.4) is 0 Å². The number of hydrogen-bond acceptors (Lipinski definition) is 2. The lowest BCUT2D eigenvalue weighted by Crippen LogP contribution is -2.11. The Morgan fingerprint density at radius 1 is 1.08 bits per heavy atom. The molecule has 2 heterocycles. The summed E-state index contributed by atoms with van der Waals surface area (Å²) in [5, 5.41) is 1.13. The Bertz CT molecular complexity index is 1100. The highest BCUT2D eigenvalue weighted by molar-refractivity contribution is 5.93. The molecular formula is C21H17N3O. The van der Waals surface area contributed by atoms with E-state index in [9.17, 15) is 4.79 Å². The fourth-order valence-corrected chi connectivity index (χ4v) is 3.11. The maximum absolute atomic E-state index is 11.4. The van der Waals surface area contributed by atoms with Gasteiger partial charge in [-0.15, -0.1) is 0 Å². The standard InChI is InChI=1S/C21H17N3O/c1-14-7-9-23-13-19(14)15-5-6-20-16(11-15)8-10-24(20)18-4-2-3-17(12-18)21(22)25/h2-13H,1H3,(H2,22,25). The van der Waals surface area contributed by atoms with Gasteiger partial charge in [-0.25, -0.2) is 0 Å². The molecule has 0 aliphatic rings. The normalized spacial score (nSPS) is 10.9. The largest absolute Gasteiger partial charge is 0.366 e. The Hall–Kier alpha value is -3.40. The second-order valence-corrected chi connectivity index (χ2v) is 6.06. The molecule has 2 aromatic carbocycles. The van der Waals surface area contributed by atoms with Gasteiger partial charge in [-0.2, -0.15) is 0 Å². The summed E-state index contributed by atoms with van der Waals surface area (Å²) >= 11 is 0. The summed E-state index contributed by atoms with van der Waals surface area (Å²) < 4.78 is 2.06. The van der Waals surface area contributed by atoms with Crippen LogP contribution >= 0.6 is 0 Å². The number of fused-ring (bicyclic) bond motifs is 1. The third-order valence-electron chi connectivity index (χ3n) is 4.45. The third kappa shape index (κ3) is 2.68. The van der Waals surface area contributed by atoms with E-state index in [1.54, 1.807) is 18.3 Å². The third-order valence-corrected chi connectivity index (χ3v) is 4.45. The van der Waals surface area contributed by atoms with Crippen LogP contribution in [0.15, 0.2) is 73.2 Å². The second-order valence-electron chi connectivity index (χ2n) is 6.06. The van der Waals surface area contributed by atoms with Crippen molar-refractivity contribution in [2.75, 3.05) is 0 Å². The highest BCUT2D eigenvalue weighted by Gasteiger charge is 2.08. The van der Waals surface area contributed by atoms with Gasteiger partial charge in [0.1, 0.15) is 0 Å². The fourth-order valence-electron chi connectivity index (χ4n) is 3.11. The average molecular weight is 327 g/mol. The number of carbonyl (C=O) groups excluding carboxylic acids is 1. The number of pyridine rings is 1. The van der Waals surface area contributed by atoms with Gasteiger partial charge in [-0.05, 0) is 60.5 Å².